The van der Waals surface area contributed by atoms with Crippen LogP contribution in [0.15, 0.2) is 6.33 Å². The van der Waals surface area contributed by atoms with Gasteiger partial charge in [0, 0.05) is 18.0 Å². The molecule has 0 radical (unpaired) electrons. The lowest BCUT2D eigenvalue weighted by molar-refractivity contribution is 0.368. The van der Waals surface area contributed by atoms with E-state index in [2.05, 4.69) is 22.3 Å². The molecule has 5 heteroatoms. The molecule has 0 atom stereocenters. The zero-order valence-corrected chi connectivity index (χ0v) is 11.2. The van der Waals surface area contributed by atoms with E-state index in [0.717, 1.165) is 38.2 Å². The third kappa shape index (κ3) is 3.68. The number of aryl methyl sites for hydroxylation is 1. The predicted octanol–water partition coefficient (Wildman–Crippen LogP) is 2.33. The van der Waals surface area contributed by atoms with Gasteiger partial charge < -0.3 is 5.32 Å². The Morgan fingerprint density at radius 3 is 2.88 bits per heavy atom. The molecule has 4 nitrogen and oxygen atoms in total. The minimum absolute atomic E-state index is 0.386. The van der Waals surface area contributed by atoms with Gasteiger partial charge in [0.25, 0.3) is 0 Å². The molecule has 1 aromatic heterocycles. The Balaban J connectivity index is 1.79. The summed E-state index contributed by atoms with van der Waals surface area (Å²) >= 11 is 6.09. The maximum absolute atomic E-state index is 6.09. The number of hydrogen-bond donors (Lipinski definition) is 1. The Labute approximate surface area is 108 Å². The summed E-state index contributed by atoms with van der Waals surface area (Å²) in [6.07, 6.45) is 7.34. The van der Waals surface area contributed by atoms with Crippen molar-refractivity contribution in [1.29, 1.82) is 0 Å². The standard InChI is InChI=1S/C12H21ClN4/c1-2-7-17-12(15-9-16-17)8-14-11-5-3-10(13)4-6-11/h9-11,14H,2-8H2,1H3. The third-order valence-corrected chi connectivity index (χ3v) is 3.77. The number of alkyl halides is 1. The van der Waals surface area contributed by atoms with Gasteiger partial charge in [0.2, 0.25) is 0 Å². The summed E-state index contributed by atoms with van der Waals surface area (Å²) in [4.78, 5) is 4.30. The lowest BCUT2D eigenvalue weighted by atomic mass is 9.95. The molecule has 1 fully saturated rings. The van der Waals surface area contributed by atoms with Crippen LogP contribution in [0.2, 0.25) is 0 Å². The Bertz CT molecular complexity index is 331. The second kappa shape index (κ2) is 6.36. The van der Waals surface area contributed by atoms with E-state index >= 15 is 0 Å². The van der Waals surface area contributed by atoms with Gasteiger partial charge in [-0.3, -0.25) is 0 Å². The first-order chi connectivity index (χ1) is 8.29. The fourth-order valence-electron chi connectivity index (χ4n) is 2.32. The quantitative estimate of drug-likeness (QED) is 0.823. The van der Waals surface area contributed by atoms with Gasteiger partial charge in [-0.05, 0) is 32.1 Å². The molecular formula is C12H21ClN4. The lowest BCUT2D eigenvalue weighted by Gasteiger charge is -2.25. The Morgan fingerprint density at radius 1 is 1.41 bits per heavy atom. The number of hydrogen-bond acceptors (Lipinski definition) is 3. The SMILES string of the molecule is CCCn1ncnc1CNC1CCC(Cl)CC1. The predicted molar refractivity (Wildman–Crippen MR) is 69.0 cm³/mol. The zero-order valence-electron chi connectivity index (χ0n) is 10.4. The van der Waals surface area contributed by atoms with Crippen LogP contribution in [0, 0.1) is 0 Å². The van der Waals surface area contributed by atoms with E-state index in [4.69, 9.17) is 11.6 Å². The van der Waals surface area contributed by atoms with Crippen LogP contribution >= 0.6 is 11.6 Å². The van der Waals surface area contributed by atoms with Crippen LogP contribution in [0.25, 0.3) is 0 Å². The Morgan fingerprint density at radius 2 is 2.18 bits per heavy atom. The number of halogens is 1. The van der Waals surface area contributed by atoms with Crippen molar-refractivity contribution in [2.75, 3.05) is 0 Å². The van der Waals surface area contributed by atoms with Gasteiger partial charge in [-0.15, -0.1) is 11.6 Å². The molecule has 0 bridgehead atoms. The summed E-state index contributed by atoms with van der Waals surface area (Å²) in [5.74, 6) is 1.04. The number of nitrogens with one attached hydrogen (secondary N) is 1. The van der Waals surface area contributed by atoms with E-state index in [-0.39, 0.29) is 0 Å². The molecule has 0 saturated heterocycles. The average Bonchev–Trinajstić information content (AvgIpc) is 2.77. The highest BCUT2D eigenvalue weighted by atomic mass is 35.5. The Kier molecular flexibility index (Phi) is 4.80. The summed E-state index contributed by atoms with van der Waals surface area (Å²) < 4.78 is 1.99. The molecule has 1 heterocycles. The molecule has 0 amide bonds. The fraction of sp³-hybridized carbons (Fsp3) is 0.833. The van der Waals surface area contributed by atoms with Crippen molar-refractivity contribution < 1.29 is 0 Å². The molecule has 0 aromatic carbocycles. The average molecular weight is 257 g/mol. The molecule has 1 saturated carbocycles. The van der Waals surface area contributed by atoms with Gasteiger partial charge >= 0.3 is 0 Å². The molecule has 96 valence electrons. The number of aromatic nitrogens is 3. The topological polar surface area (TPSA) is 42.7 Å². The normalized spacial score (nSPS) is 25.1. The first-order valence-electron chi connectivity index (χ1n) is 6.53. The van der Waals surface area contributed by atoms with E-state index in [1.165, 1.54) is 12.8 Å². The summed E-state index contributed by atoms with van der Waals surface area (Å²) in [5, 5.41) is 8.17. The highest BCUT2D eigenvalue weighted by molar-refractivity contribution is 6.20. The largest absolute Gasteiger partial charge is 0.307 e. The highest BCUT2D eigenvalue weighted by Crippen LogP contribution is 2.22. The minimum Gasteiger partial charge on any atom is -0.307 e. The number of rotatable bonds is 5. The van der Waals surface area contributed by atoms with Crippen LogP contribution in [0.3, 0.4) is 0 Å². The lowest BCUT2D eigenvalue weighted by Crippen LogP contribution is -2.33. The van der Waals surface area contributed by atoms with Crippen molar-refractivity contribution in [3.05, 3.63) is 12.2 Å². The van der Waals surface area contributed by atoms with Crippen molar-refractivity contribution in [2.45, 2.75) is 63.5 Å². The molecule has 1 N–H and O–H groups in total. The van der Waals surface area contributed by atoms with E-state index in [1.807, 2.05) is 4.68 Å². The third-order valence-electron chi connectivity index (χ3n) is 3.34. The van der Waals surface area contributed by atoms with Crippen LogP contribution in [0.1, 0.15) is 44.9 Å². The van der Waals surface area contributed by atoms with Gasteiger partial charge in [-0.1, -0.05) is 6.92 Å². The molecule has 1 aromatic rings. The summed E-state index contributed by atoms with van der Waals surface area (Å²) in [6.45, 7) is 3.92. The second-order valence-corrected chi connectivity index (χ2v) is 5.35. The van der Waals surface area contributed by atoms with Gasteiger partial charge in [0.15, 0.2) is 0 Å². The summed E-state index contributed by atoms with van der Waals surface area (Å²) in [7, 11) is 0. The molecule has 0 spiro atoms. The van der Waals surface area contributed by atoms with Gasteiger partial charge in [0.05, 0.1) is 6.54 Å². The molecule has 0 aliphatic heterocycles. The monoisotopic (exact) mass is 256 g/mol. The molecule has 1 aliphatic rings. The van der Waals surface area contributed by atoms with Gasteiger partial charge in [0.1, 0.15) is 12.2 Å². The van der Waals surface area contributed by atoms with E-state index in [1.54, 1.807) is 6.33 Å². The fourth-order valence-corrected chi connectivity index (χ4v) is 2.57. The highest BCUT2D eigenvalue weighted by Gasteiger charge is 2.19. The zero-order chi connectivity index (χ0) is 12.1. The van der Waals surface area contributed by atoms with Crippen LogP contribution in [-0.4, -0.2) is 26.2 Å². The van der Waals surface area contributed by atoms with E-state index in [0.29, 0.717) is 11.4 Å². The van der Waals surface area contributed by atoms with Crippen molar-refractivity contribution in [3.8, 4) is 0 Å². The van der Waals surface area contributed by atoms with Crippen LogP contribution in [-0.2, 0) is 13.1 Å². The first-order valence-corrected chi connectivity index (χ1v) is 6.97. The van der Waals surface area contributed by atoms with Crippen molar-refractivity contribution in [2.24, 2.45) is 0 Å². The number of nitrogens with zero attached hydrogens (tertiary/aromatic N) is 3. The smallest absolute Gasteiger partial charge is 0.140 e. The molecule has 2 rings (SSSR count). The Hall–Kier alpha value is -0.610. The molecular weight excluding hydrogens is 236 g/mol. The summed E-state index contributed by atoms with van der Waals surface area (Å²) in [5.41, 5.74) is 0. The van der Waals surface area contributed by atoms with Gasteiger partial charge in [-0.2, -0.15) is 5.10 Å². The molecule has 0 unspecified atom stereocenters. The van der Waals surface area contributed by atoms with Crippen molar-refractivity contribution in [3.63, 3.8) is 0 Å². The minimum atomic E-state index is 0.386. The van der Waals surface area contributed by atoms with E-state index in [9.17, 15) is 0 Å². The second-order valence-electron chi connectivity index (χ2n) is 4.73. The van der Waals surface area contributed by atoms with Gasteiger partial charge in [-0.25, -0.2) is 9.67 Å². The summed E-state index contributed by atoms with van der Waals surface area (Å²) in [6, 6.07) is 0.594. The molecule has 17 heavy (non-hydrogen) atoms. The van der Waals surface area contributed by atoms with E-state index < -0.39 is 0 Å². The molecule has 1 aliphatic carbocycles. The van der Waals surface area contributed by atoms with Crippen LogP contribution in [0.5, 0.6) is 0 Å². The van der Waals surface area contributed by atoms with Crippen LogP contribution < -0.4 is 5.32 Å². The maximum Gasteiger partial charge on any atom is 0.140 e. The maximum atomic E-state index is 6.09. The van der Waals surface area contributed by atoms with Crippen LogP contribution in [0.4, 0.5) is 0 Å². The van der Waals surface area contributed by atoms with Crippen molar-refractivity contribution in [1.82, 2.24) is 20.1 Å². The first kappa shape index (κ1) is 12.8. The van der Waals surface area contributed by atoms with Crippen molar-refractivity contribution >= 4 is 11.6 Å².